The molecule has 0 heterocycles. The molecule has 66 valence electrons. The SMILES string of the molecule is CCCC(F)NC(C)C(=O)O. The minimum atomic E-state index is -1.20. The Hall–Kier alpha value is -0.640. The Kier molecular flexibility index (Phi) is 4.77. The van der Waals surface area contributed by atoms with Gasteiger partial charge in [-0.1, -0.05) is 13.3 Å². The maximum atomic E-state index is 12.6. The monoisotopic (exact) mass is 163 g/mol. The van der Waals surface area contributed by atoms with Gasteiger partial charge in [0.1, 0.15) is 6.04 Å². The predicted octanol–water partition coefficient (Wildman–Crippen LogP) is 1.14. The van der Waals surface area contributed by atoms with Crippen LogP contribution in [0.4, 0.5) is 4.39 Å². The van der Waals surface area contributed by atoms with E-state index in [4.69, 9.17) is 5.11 Å². The number of nitrogens with one attached hydrogen (secondary N) is 1. The number of carboxylic acids is 1. The largest absolute Gasteiger partial charge is 0.480 e. The quantitative estimate of drug-likeness (QED) is 0.597. The van der Waals surface area contributed by atoms with Gasteiger partial charge in [0.2, 0.25) is 0 Å². The molecule has 0 aliphatic heterocycles. The van der Waals surface area contributed by atoms with E-state index in [2.05, 4.69) is 5.32 Å². The molecule has 0 amide bonds. The molecule has 0 aromatic rings. The summed E-state index contributed by atoms with van der Waals surface area (Å²) in [5.41, 5.74) is 0. The summed E-state index contributed by atoms with van der Waals surface area (Å²) >= 11 is 0. The summed E-state index contributed by atoms with van der Waals surface area (Å²) in [5, 5.41) is 10.7. The van der Waals surface area contributed by atoms with Crippen molar-refractivity contribution in [2.24, 2.45) is 0 Å². The fourth-order valence-electron chi connectivity index (χ4n) is 0.679. The van der Waals surface area contributed by atoms with Crippen LogP contribution in [-0.2, 0) is 4.79 Å². The number of hydrogen-bond donors (Lipinski definition) is 2. The van der Waals surface area contributed by atoms with Crippen LogP contribution in [0.5, 0.6) is 0 Å². The highest BCUT2D eigenvalue weighted by Crippen LogP contribution is 1.98. The van der Waals surface area contributed by atoms with Crippen LogP contribution in [0.15, 0.2) is 0 Å². The normalized spacial score (nSPS) is 15.9. The lowest BCUT2D eigenvalue weighted by atomic mass is 10.3. The van der Waals surface area contributed by atoms with Crippen molar-refractivity contribution in [2.45, 2.75) is 39.0 Å². The molecule has 0 radical (unpaired) electrons. The molecule has 0 bridgehead atoms. The van der Waals surface area contributed by atoms with Gasteiger partial charge >= 0.3 is 5.97 Å². The number of hydrogen-bond acceptors (Lipinski definition) is 2. The van der Waals surface area contributed by atoms with Gasteiger partial charge in [0, 0.05) is 0 Å². The van der Waals surface area contributed by atoms with E-state index in [1.165, 1.54) is 6.92 Å². The molecule has 0 spiro atoms. The lowest BCUT2D eigenvalue weighted by Gasteiger charge is -2.12. The third kappa shape index (κ3) is 4.72. The molecule has 2 atom stereocenters. The topological polar surface area (TPSA) is 49.3 Å². The first-order chi connectivity index (χ1) is 5.07. The number of halogens is 1. The summed E-state index contributed by atoms with van der Waals surface area (Å²) in [6.07, 6.45) is -0.135. The molecule has 0 aromatic carbocycles. The van der Waals surface area contributed by atoms with Crippen molar-refractivity contribution in [2.75, 3.05) is 0 Å². The van der Waals surface area contributed by atoms with Gasteiger partial charge in [0.15, 0.2) is 6.30 Å². The highest BCUT2D eigenvalue weighted by molar-refractivity contribution is 5.72. The van der Waals surface area contributed by atoms with Crippen molar-refractivity contribution in [3.63, 3.8) is 0 Å². The van der Waals surface area contributed by atoms with Crippen LogP contribution in [0.2, 0.25) is 0 Å². The molecular weight excluding hydrogens is 149 g/mol. The standard InChI is InChI=1S/C7H14FNO2/c1-3-4-6(8)9-5(2)7(10)11/h5-6,9H,3-4H2,1-2H3,(H,10,11). The third-order valence-corrected chi connectivity index (χ3v) is 1.34. The van der Waals surface area contributed by atoms with E-state index in [9.17, 15) is 9.18 Å². The summed E-state index contributed by atoms with van der Waals surface area (Å²) in [6, 6.07) is -0.809. The highest BCUT2D eigenvalue weighted by atomic mass is 19.1. The molecule has 0 rings (SSSR count). The fourth-order valence-corrected chi connectivity index (χ4v) is 0.679. The molecule has 2 unspecified atom stereocenters. The van der Waals surface area contributed by atoms with Gasteiger partial charge in [0.05, 0.1) is 0 Å². The Bertz CT molecular complexity index is 130. The molecule has 4 heteroatoms. The Balaban J connectivity index is 3.56. The first kappa shape index (κ1) is 10.4. The van der Waals surface area contributed by atoms with E-state index < -0.39 is 18.3 Å². The maximum Gasteiger partial charge on any atom is 0.320 e. The van der Waals surface area contributed by atoms with Crippen LogP contribution in [0.25, 0.3) is 0 Å². The number of carbonyl (C=O) groups is 1. The summed E-state index contributed by atoms with van der Waals surface area (Å²) in [6.45, 7) is 3.27. The van der Waals surface area contributed by atoms with Crippen molar-refractivity contribution in [3.05, 3.63) is 0 Å². The van der Waals surface area contributed by atoms with Crippen LogP contribution < -0.4 is 5.32 Å². The number of rotatable bonds is 5. The highest BCUT2D eigenvalue weighted by Gasteiger charge is 2.14. The number of aliphatic carboxylic acids is 1. The molecule has 0 aliphatic rings. The lowest BCUT2D eigenvalue weighted by molar-refractivity contribution is -0.139. The van der Waals surface area contributed by atoms with Crippen molar-refractivity contribution in [1.82, 2.24) is 5.32 Å². The summed E-state index contributed by atoms with van der Waals surface area (Å²) < 4.78 is 12.6. The Morgan fingerprint density at radius 3 is 2.64 bits per heavy atom. The first-order valence-electron chi connectivity index (χ1n) is 3.70. The van der Waals surface area contributed by atoms with Crippen LogP contribution in [0.3, 0.4) is 0 Å². The average Bonchev–Trinajstić information content (AvgIpc) is 1.87. The summed E-state index contributed by atoms with van der Waals surface area (Å²) in [7, 11) is 0. The molecule has 0 saturated heterocycles. The zero-order valence-electron chi connectivity index (χ0n) is 6.80. The van der Waals surface area contributed by atoms with Gasteiger partial charge in [-0.2, -0.15) is 0 Å². The Morgan fingerprint density at radius 1 is 1.73 bits per heavy atom. The van der Waals surface area contributed by atoms with Gasteiger partial charge in [-0.05, 0) is 13.3 Å². The average molecular weight is 163 g/mol. The van der Waals surface area contributed by atoms with Crippen molar-refractivity contribution < 1.29 is 14.3 Å². The van der Waals surface area contributed by atoms with E-state index in [0.717, 1.165) is 0 Å². The fraction of sp³-hybridized carbons (Fsp3) is 0.857. The maximum absolute atomic E-state index is 12.6. The van der Waals surface area contributed by atoms with Crippen LogP contribution in [0.1, 0.15) is 26.7 Å². The second kappa shape index (κ2) is 5.07. The Morgan fingerprint density at radius 2 is 2.27 bits per heavy atom. The minimum absolute atomic E-state index is 0.359. The van der Waals surface area contributed by atoms with Crippen molar-refractivity contribution in [3.8, 4) is 0 Å². The van der Waals surface area contributed by atoms with Gasteiger partial charge in [-0.25, -0.2) is 4.39 Å². The number of carboxylic acid groups (broad SMARTS) is 1. The first-order valence-corrected chi connectivity index (χ1v) is 3.70. The second-order valence-electron chi connectivity index (χ2n) is 2.48. The minimum Gasteiger partial charge on any atom is -0.480 e. The van der Waals surface area contributed by atoms with Gasteiger partial charge in [-0.3, -0.25) is 10.1 Å². The molecular formula is C7H14FNO2. The molecule has 2 N–H and O–H groups in total. The summed E-state index contributed by atoms with van der Waals surface area (Å²) in [4.78, 5) is 10.2. The van der Waals surface area contributed by atoms with E-state index in [1.54, 1.807) is 0 Å². The molecule has 3 nitrogen and oxygen atoms in total. The van der Waals surface area contributed by atoms with Gasteiger partial charge < -0.3 is 5.11 Å². The van der Waals surface area contributed by atoms with Crippen LogP contribution >= 0.6 is 0 Å². The zero-order valence-corrected chi connectivity index (χ0v) is 6.80. The predicted molar refractivity (Wildman–Crippen MR) is 40.0 cm³/mol. The Labute approximate surface area is 65.6 Å². The number of alkyl halides is 1. The molecule has 0 saturated carbocycles. The van der Waals surface area contributed by atoms with Gasteiger partial charge in [0.25, 0.3) is 0 Å². The van der Waals surface area contributed by atoms with Crippen molar-refractivity contribution in [1.29, 1.82) is 0 Å². The van der Waals surface area contributed by atoms with E-state index in [1.807, 2.05) is 6.92 Å². The van der Waals surface area contributed by atoms with E-state index >= 15 is 0 Å². The molecule has 0 aliphatic carbocycles. The lowest BCUT2D eigenvalue weighted by Crippen LogP contribution is -2.39. The van der Waals surface area contributed by atoms with E-state index in [-0.39, 0.29) is 0 Å². The molecule has 0 aromatic heterocycles. The smallest absolute Gasteiger partial charge is 0.320 e. The molecule has 0 fully saturated rings. The van der Waals surface area contributed by atoms with Gasteiger partial charge in [-0.15, -0.1) is 0 Å². The van der Waals surface area contributed by atoms with Crippen LogP contribution in [0, 0.1) is 0 Å². The van der Waals surface area contributed by atoms with E-state index in [0.29, 0.717) is 12.8 Å². The van der Waals surface area contributed by atoms with Crippen molar-refractivity contribution >= 4 is 5.97 Å². The second-order valence-corrected chi connectivity index (χ2v) is 2.48. The summed E-state index contributed by atoms with van der Waals surface area (Å²) in [5.74, 6) is -1.02. The van der Waals surface area contributed by atoms with Crippen LogP contribution in [-0.4, -0.2) is 23.4 Å². The zero-order chi connectivity index (χ0) is 8.85. The third-order valence-electron chi connectivity index (χ3n) is 1.34. The molecule has 11 heavy (non-hydrogen) atoms.